The molecule has 3 aromatic rings. The minimum atomic E-state index is -1.08. The number of aryl methyl sites for hydroxylation is 1. The number of benzene rings is 3. The molecule has 4 heterocycles. The van der Waals surface area contributed by atoms with Gasteiger partial charge in [-0.2, -0.15) is 5.26 Å². The summed E-state index contributed by atoms with van der Waals surface area (Å²) in [5, 5.41) is 9.64. The van der Waals surface area contributed by atoms with Gasteiger partial charge in [0.05, 0.1) is 27.4 Å². The van der Waals surface area contributed by atoms with Crippen molar-refractivity contribution in [3.8, 4) is 6.07 Å². The second kappa shape index (κ2) is 15.4. The quantitative estimate of drug-likeness (QED) is 0.147. The van der Waals surface area contributed by atoms with Crippen LogP contribution in [-0.4, -0.2) is 101 Å². The van der Waals surface area contributed by atoms with Crippen LogP contribution >= 0.6 is 23.8 Å². The molecule has 5 amide bonds. The number of thiocarbonyl (C=S) groups is 1. The Morgan fingerprint density at radius 1 is 0.875 bits per heavy atom. The highest BCUT2D eigenvalue weighted by Crippen LogP contribution is 2.38. The first-order chi connectivity index (χ1) is 26.7. The number of carbonyl (C=O) groups is 5. The molecule has 0 radical (unpaired) electrons. The van der Waals surface area contributed by atoms with Crippen LogP contribution in [0.5, 0.6) is 0 Å². The molecule has 15 heteroatoms. The summed E-state index contributed by atoms with van der Waals surface area (Å²) in [5.74, 6) is -2.52. The van der Waals surface area contributed by atoms with Gasteiger partial charge < -0.3 is 9.80 Å². The average Bonchev–Trinajstić information content (AvgIpc) is 3.53. The first-order valence-corrected chi connectivity index (χ1v) is 19.5. The lowest BCUT2D eigenvalue weighted by Gasteiger charge is -2.36. The molecule has 56 heavy (non-hydrogen) atoms. The summed E-state index contributed by atoms with van der Waals surface area (Å²) in [5.41, 5.74) is 2.10. The van der Waals surface area contributed by atoms with Crippen LogP contribution < -0.4 is 14.7 Å². The predicted molar refractivity (Wildman–Crippen MR) is 213 cm³/mol. The fourth-order valence-electron chi connectivity index (χ4n) is 7.99. The Morgan fingerprint density at radius 2 is 1.57 bits per heavy atom. The van der Waals surface area contributed by atoms with Crippen molar-refractivity contribution in [2.75, 3.05) is 54.5 Å². The Hall–Kier alpha value is -5.23. The largest absolute Gasteiger partial charge is 0.369 e. The van der Waals surface area contributed by atoms with Crippen molar-refractivity contribution >= 4 is 75.5 Å². The third kappa shape index (κ3) is 6.93. The Bertz CT molecular complexity index is 2220. The van der Waals surface area contributed by atoms with Crippen molar-refractivity contribution in [3.63, 3.8) is 0 Å². The van der Waals surface area contributed by atoms with Crippen molar-refractivity contribution in [3.05, 3.63) is 87.7 Å². The summed E-state index contributed by atoms with van der Waals surface area (Å²) in [7, 11) is 1.37. The van der Waals surface area contributed by atoms with Crippen LogP contribution in [-0.2, 0) is 20.8 Å². The van der Waals surface area contributed by atoms with Gasteiger partial charge in [-0.05, 0) is 112 Å². The van der Waals surface area contributed by atoms with Crippen molar-refractivity contribution in [1.82, 2.24) is 14.7 Å². The van der Waals surface area contributed by atoms with Crippen LogP contribution in [0.3, 0.4) is 0 Å². The van der Waals surface area contributed by atoms with Crippen molar-refractivity contribution in [1.29, 1.82) is 5.26 Å². The number of nitrogens with zero attached hydrogens (tertiary/aromatic N) is 7. The van der Waals surface area contributed by atoms with E-state index >= 15 is 4.39 Å². The topological polar surface area (TPSA) is 129 Å². The van der Waals surface area contributed by atoms with Crippen LogP contribution in [0.25, 0.3) is 0 Å². The number of likely N-dealkylation sites (N-methyl/N-ethyl adjacent to an activating group) is 1. The summed E-state index contributed by atoms with van der Waals surface area (Å²) >= 11 is 12.0. The Labute approximate surface area is 335 Å². The molecular weight excluding hydrogens is 757 g/mol. The number of hydrogen-bond acceptors (Lipinski definition) is 9. The fraction of sp³-hybridized carbons (Fsp3) is 0.390. The SMILES string of the molecule is CN1C(=O)CCC(N2C(=O)c3ccc(N4CCN(CCCCCc5ccc(N6C(=S)N(c7ccc(C#N)c(Cl)c7)C(=O)C6(C)C)cc5F)CC4)cc3C2=O)C1=O. The van der Waals surface area contributed by atoms with Crippen molar-refractivity contribution in [2.24, 2.45) is 0 Å². The minimum Gasteiger partial charge on any atom is -0.369 e. The number of unbranched alkanes of at least 4 members (excludes halogenated alkanes) is 2. The zero-order valence-electron chi connectivity index (χ0n) is 31.4. The molecule has 0 aromatic heterocycles. The number of fused-ring (bicyclic) bond motifs is 1. The number of amides is 5. The summed E-state index contributed by atoms with van der Waals surface area (Å²) < 4.78 is 15.5. The lowest BCUT2D eigenvalue weighted by molar-refractivity contribution is -0.149. The number of hydrogen-bond donors (Lipinski definition) is 0. The zero-order valence-corrected chi connectivity index (χ0v) is 33.0. The second-order valence-electron chi connectivity index (χ2n) is 15.1. The number of rotatable bonds is 10. The standard InChI is InChI=1S/C41H41ClFN7O5S/c1-41(2)39(55)48(28-10-9-26(24-44)32(42)22-28)40(56)50(41)29-11-8-25(33(43)23-29)7-5-4-6-16-46-17-19-47(20-18-46)27-12-13-30-31(21-27)37(53)49(36(30)52)34-14-15-35(51)45(3)38(34)54/h8-13,21-23,34H,4-7,14-20H2,1-3H3. The molecule has 1 atom stereocenters. The normalized spacial score (nSPS) is 20.1. The summed E-state index contributed by atoms with van der Waals surface area (Å²) in [4.78, 5) is 74.4. The van der Waals surface area contributed by atoms with Gasteiger partial charge in [0.15, 0.2) is 5.11 Å². The molecule has 0 aliphatic carbocycles. The Kier molecular flexibility index (Phi) is 10.7. The highest BCUT2D eigenvalue weighted by Gasteiger charge is 2.51. The first kappa shape index (κ1) is 39.0. The lowest BCUT2D eigenvalue weighted by Crippen LogP contribution is -2.54. The Balaban J connectivity index is 0.881. The molecular formula is C41H41ClFN7O5S. The third-order valence-electron chi connectivity index (χ3n) is 11.3. The van der Waals surface area contributed by atoms with E-state index < -0.39 is 29.3 Å². The molecule has 0 spiro atoms. The van der Waals surface area contributed by atoms with Gasteiger partial charge in [0.2, 0.25) is 5.91 Å². The maximum absolute atomic E-state index is 15.5. The van der Waals surface area contributed by atoms with Gasteiger partial charge in [0.1, 0.15) is 23.5 Å². The number of piperazine rings is 1. The monoisotopic (exact) mass is 797 g/mol. The molecule has 3 saturated heterocycles. The average molecular weight is 798 g/mol. The number of nitriles is 1. The molecule has 0 bridgehead atoms. The number of anilines is 3. The number of likely N-dealkylation sites (tertiary alicyclic amines) is 1. The molecule has 7 rings (SSSR count). The lowest BCUT2D eigenvalue weighted by atomic mass is 10.0. The number of carbonyl (C=O) groups excluding carboxylic acids is 5. The van der Waals surface area contributed by atoms with Crippen LogP contribution in [0.1, 0.15) is 77.8 Å². The molecule has 12 nitrogen and oxygen atoms in total. The maximum Gasteiger partial charge on any atom is 0.262 e. The minimum absolute atomic E-state index is 0.0984. The van der Waals surface area contributed by atoms with Crippen LogP contribution in [0.4, 0.5) is 21.5 Å². The smallest absolute Gasteiger partial charge is 0.262 e. The third-order valence-corrected chi connectivity index (χ3v) is 12.0. The maximum atomic E-state index is 15.5. The summed E-state index contributed by atoms with van der Waals surface area (Å²) in [6.45, 7) is 7.53. The predicted octanol–water partition coefficient (Wildman–Crippen LogP) is 5.55. The molecule has 0 saturated carbocycles. The molecule has 290 valence electrons. The number of halogens is 2. The summed E-state index contributed by atoms with van der Waals surface area (Å²) in [6.07, 6.45) is 3.49. The molecule has 0 N–H and O–H groups in total. The van der Waals surface area contributed by atoms with E-state index in [0.29, 0.717) is 23.4 Å². The van der Waals surface area contributed by atoms with Crippen molar-refractivity contribution in [2.45, 2.75) is 64.0 Å². The van der Waals surface area contributed by atoms with Crippen LogP contribution in [0.2, 0.25) is 5.02 Å². The van der Waals surface area contributed by atoms with Gasteiger partial charge in [-0.15, -0.1) is 0 Å². The van der Waals surface area contributed by atoms with E-state index in [0.717, 1.165) is 67.5 Å². The molecule has 4 aliphatic rings. The molecule has 1 unspecified atom stereocenters. The van der Waals surface area contributed by atoms with Gasteiger partial charge in [-0.25, -0.2) is 4.39 Å². The van der Waals surface area contributed by atoms with Crippen molar-refractivity contribution < 1.29 is 28.4 Å². The van der Waals surface area contributed by atoms with E-state index in [4.69, 9.17) is 23.8 Å². The number of piperidine rings is 1. The van der Waals surface area contributed by atoms with E-state index in [1.807, 2.05) is 12.1 Å². The van der Waals surface area contributed by atoms with Gasteiger partial charge in [0.25, 0.3) is 23.6 Å². The highest BCUT2D eigenvalue weighted by molar-refractivity contribution is 7.81. The van der Waals surface area contributed by atoms with Gasteiger partial charge in [-0.1, -0.05) is 24.1 Å². The molecule has 4 aliphatic heterocycles. The van der Waals surface area contributed by atoms with Gasteiger partial charge in [0, 0.05) is 51.0 Å². The highest BCUT2D eigenvalue weighted by atomic mass is 35.5. The van der Waals surface area contributed by atoms with E-state index in [2.05, 4.69) is 9.80 Å². The van der Waals surface area contributed by atoms with E-state index in [1.54, 1.807) is 49.1 Å². The second-order valence-corrected chi connectivity index (χ2v) is 15.8. The molecule has 3 fully saturated rings. The first-order valence-electron chi connectivity index (χ1n) is 18.7. The van der Waals surface area contributed by atoms with Crippen LogP contribution in [0, 0.1) is 17.1 Å². The summed E-state index contributed by atoms with van der Waals surface area (Å²) in [6, 6.07) is 15.9. The van der Waals surface area contributed by atoms with E-state index in [9.17, 15) is 29.2 Å². The Morgan fingerprint density at radius 3 is 2.27 bits per heavy atom. The van der Waals surface area contributed by atoms with E-state index in [-0.39, 0.29) is 57.3 Å². The van der Waals surface area contributed by atoms with Gasteiger partial charge in [-0.3, -0.25) is 43.6 Å². The molecule has 3 aromatic carbocycles. The number of imide groups is 2. The van der Waals surface area contributed by atoms with E-state index in [1.165, 1.54) is 30.1 Å². The van der Waals surface area contributed by atoms with Gasteiger partial charge >= 0.3 is 0 Å². The fourth-order valence-corrected chi connectivity index (χ4v) is 8.73. The zero-order chi connectivity index (χ0) is 40.1. The van der Waals surface area contributed by atoms with Crippen LogP contribution in [0.15, 0.2) is 54.6 Å².